The first kappa shape index (κ1) is 32.4. The van der Waals surface area contributed by atoms with E-state index in [9.17, 15) is 39.8 Å². The lowest BCUT2D eigenvalue weighted by atomic mass is 10.1. The van der Waals surface area contributed by atoms with Gasteiger partial charge in [-0.15, -0.1) is 0 Å². The second-order valence-corrected chi connectivity index (χ2v) is 12.6. The van der Waals surface area contributed by atoms with E-state index >= 15 is 0 Å². The number of carboxylic acid groups (broad SMARTS) is 1. The van der Waals surface area contributed by atoms with E-state index in [4.69, 9.17) is 13.8 Å². The molecule has 1 fully saturated rings. The number of nitrogens with one attached hydrogen (secondary N) is 2. The molecule has 18 heteroatoms. The molecule has 0 radical (unpaired) electrons. The van der Waals surface area contributed by atoms with Gasteiger partial charge >= 0.3 is 19.4 Å². The molecule has 0 amide bonds. The standard InChI is InChI=1S/C25H28BrN6O10P/c1-13(2)11-16(23(36)37)29-43(39,42-17-8-7-14-5-3-4-6-15(14)19(17)26)40-12-25(30-31-27)21(35)20(34)22(41-25)32-10-9-18(33)28-24(32)38/h3-10,13,16,20-22,34-35H,11-12H2,1-2H3,(H,29,39)(H,36,37)(H,28,33,38)/t16-,20+,21-,22+,25+,43?/m0/s1. The van der Waals surface area contributed by atoms with Crippen LogP contribution in [0.2, 0.25) is 0 Å². The van der Waals surface area contributed by atoms with Crippen molar-refractivity contribution in [3.63, 3.8) is 0 Å². The third kappa shape index (κ3) is 7.00. The van der Waals surface area contributed by atoms with Crippen molar-refractivity contribution in [3.8, 4) is 5.75 Å². The zero-order valence-corrected chi connectivity index (χ0v) is 25.2. The maximum atomic E-state index is 14.2. The van der Waals surface area contributed by atoms with E-state index in [1.165, 1.54) is 6.07 Å². The summed E-state index contributed by atoms with van der Waals surface area (Å²) in [7, 11) is -4.72. The van der Waals surface area contributed by atoms with Crippen LogP contribution in [0.5, 0.6) is 5.75 Å². The molecule has 1 saturated heterocycles. The zero-order valence-electron chi connectivity index (χ0n) is 22.7. The fourth-order valence-corrected chi connectivity index (χ4v) is 6.72. The molecule has 3 aromatic rings. The number of aromatic amines is 1. The number of aliphatic hydroxyl groups is 2. The Morgan fingerprint density at radius 3 is 2.65 bits per heavy atom. The Morgan fingerprint density at radius 2 is 2.00 bits per heavy atom. The molecule has 5 N–H and O–H groups in total. The topological polar surface area (TPSA) is 238 Å². The molecular formula is C25H28BrN6O10P. The highest BCUT2D eigenvalue weighted by molar-refractivity contribution is 9.10. The highest BCUT2D eigenvalue weighted by Gasteiger charge is 2.56. The number of azide groups is 1. The smallest absolute Gasteiger partial charge is 0.459 e. The van der Waals surface area contributed by atoms with Crippen LogP contribution in [0, 0.1) is 5.92 Å². The van der Waals surface area contributed by atoms with Gasteiger partial charge in [0.15, 0.2) is 6.23 Å². The quantitative estimate of drug-likeness (QED) is 0.0805. The highest BCUT2D eigenvalue weighted by atomic mass is 79.9. The van der Waals surface area contributed by atoms with Crippen LogP contribution in [0.25, 0.3) is 21.2 Å². The summed E-state index contributed by atoms with van der Waals surface area (Å²) in [6.07, 6.45) is -4.61. The first-order valence-corrected chi connectivity index (χ1v) is 15.2. The first-order valence-electron chi connectivity index (χ1n) is 12.8. The number of carbonyl (C=O) groups is 1. The largest absolute Gasteiger partial charge is 0.480 e. The van der Waals surface area contributed by atoms with Crippen molar-refractivity contribution in [3.05, 3.63) is 84.4 Å². The van der Waals surface area contributed by atoms with Crippen molar-refractivity contribution in [1.82, 2.24) is 14.6 Å². The number of nitrogens with zero attached hydrogens (tertiary/aromatic N) is 4. The maximum Gasteiger partial charge on any atom is 0.459 e. The normalized spacial score (nSPS) is 23.9. The summed E-state index contributed by atoms with van der Waals surface area (Å²) >= 11 is 3.42. The fraction of sp³-hybridized carbons (Fsp3) is 0.400. The van der Waals surface area contributed by atoms with E-state index in [-0.39, 0.29) is 18.1 Å². The van der Waals surface area contributed by atoms with Gasteiger partial charge in [0.05, 0.1) is 11.1 Å². The number of halogens is 1. The molecule has 0 bridgehead atoms. The molecule has 1 aromatic heterocycles. The Balaban J connectivity index is 1.71. The van der Waals surface area contributed by atoms with Crippen LogP contribution in [-0.4, -0.2) is 61.4 Å². The molecule has 1 aliphatic heterocycles. The minimum atomic E-state index is -4.72. The van der Waals surface area contributed by atoms with Crippen LogP contribution >= 0.6 is 23.7 Å². The van der Waals surface area contributed by atoms with Crippen LogP contribution in [0.3, 0.4) is 0 Å². The third-order valence-corrected chi connectivity index (χ3v) is 8.90. The van der Waals surface area contributed by atoms with E-state index in [0.29, 0.717) is 9.86 Å². The second kappa shape index (κ2) is 13.0. The monoisotopic (exact) mass is 682 g/mol. The summed E-state index contributed by atoms with van der Waals surface area (Å²) in [6, 6.07) is 9.88. The number of rotatable bonds is 12. The third-order valence-electron chi connectivity index (χ3n) is 6.55. The number of H-pyrrole nitrogens is 1. The van der Waals surface area contributed by atoms with E-state index in [0.717, 1.165) is 22.2 Å². The van der Waals surface area contributed by atoms with Crippen molar-refractivity contribution in [2.75, 3.05) is 6.61 Å². The number of aliphatic hydroxyl groups excluding tert-OH is 2. The molecule has 1 unspecified atom stereocenters. The molecule has 0 saturated carbocycles. The lowest BCUT2D eigenvalue weighted by Gasteiger charge is -2.30. The highest BCUT2D eigenvalue weighted by Crippen LogP contribution is 2.50. The minimum absolute atomic E-state index is 0.00615. The van der Waals surface area contributed by atoms with E-state index < -0.39 is 61.8 Å². The fourth-order valence-electron chi connectivity index (χ4n) is 4.48. The van der Waals surface area contributed by atoms with Gasteiger partial charge in [-0.05, 0) is 50.6 Å². The van der Waals surface area contributed by atoms with Crippen LogP contribution < -0.4 is 20.9 Å². The Hall–Kier alpha value is -3.53. The molecule has 6 atom stereocenters. The summed E-state index contributed by atoms with van der Waals surface area (Å²) in [5, 5.41) is 38.8. The van der Waals surface area contributed by atoms with Crippen molar-refractivity contribution in [2.24, 2.45) is 11.0 Å². The molecular weight excluding hydrogens is 655 g/mol. The van der Waals surface area contributed by atoms with E-state index in [1.807, 2.05) is 17.1 Å². The summed E-state index contributed by atoms with van der Waals surface area (Å²) in [4.78, 5) is 40.5. The molecule has 0 spiro atoms. The maximum absolute atomic E-state index is 14.2. The van der Waals surface area contributed by atoms with Crippen LogP contribution in [-0.2, 0) is 18.6 Å². The number of aliphatic carboxylic acids is 1. The molecule has 2 aromatic carbocycles. The van der Waals surface area contributed by atoms with Gasteiger partial charge in [-0.25, -0.2) is 9.36 Å². The first-order chi connectivity index (χ1) is 20.3. The Kier molecular flexibility index (Phi) is 9.79. The van der Waals surface area contributed by atoms with Gasteiger partial charge in [0, 0.05) is 17.2 Å². The van der Waals surface area contributed by atoms with Crippen molar-refractivity contribution < 1.29 is 38.5 Å². The summed E-state index contributed by atoms with van der Waals surface area (Å²) < 4.78 is 32.3. The summed E-state index contributed by atoms with van der Waals surface area (Å²) in [5.74, 6) is -1.50. The van der Waals surface area contributed by atoms with Gasteiger partial charge in [0.2, 0.25) is 5.72 Å². The number of benzene rings is 2. The van der Waals surface area contributed by atoms with E-state index in [1.54, 1.807) is 32.0 Å². The van der Waals surface area contributed by atoms with Gasteiger partial charge in [0.1, 0.15) is 24.0 Å². The number of carboxylic acids is 1. The molecule has 230 valence electrons. The Morgan fingerprint density at radius 1 is 1.28 bits per heavy atom. The van der Waals surface area contributed by atoms with Gasteiger partial charge in [-0.2, -0.15) is 5.09 Å². The van der Waals surface area contributed by atoms with Crippen LogP contribution in [0.1, 0.15) is 26.5 Å². The van der Waals surface area contributed by atoms with Gasteiger partial charge < -0.3 is 24.6 Å². The van der Waals surface area contributed by atoms with Crippen LogP contribution in [0.4, 0.5) is 0 Å². The van der Waals surface area contributed by atoms with Gasteiger partial charge in [-0.3, -0.25) is 23.7 Å². The second-order valence-electron chi connectivity index (χ2n) is 10.1. The molecule has 43 heavy (non-hydrogen) atoms. The molecule has 16 nitrogen and oxygen atoms in total. The Labute approximate surface area is 251 Å². The molecule has 4 rings (SSSR count). The summed E-state index contributed by atoms with van der Waals surface area (Å²) in [6.45, 7) is 2.47. The minimum Gasteiger partial charge on any atom is -0.480 e. The average Bonchev–Trinajstić information content (AvgIpc) is 3.19. The molecule has 1 aliphatic rings. The van der Waals surface area contributed by atoms with Crippen molar-refractivity contribution in [2.45, 2.75) is 50.5 Å². The number of hydrogen-bond donors (Lipinski definition) is 5. The molecule has 0 aliphatic carbocycles. The zero-order chi connectivity index (χ0) is 31.5. The van der Waals surface area contributed by atoms with Crippen molar-refractivity contribution in [1.29, 1.82) is 0 Å². The lowest BCUT2D eigenvalue weighted by molar-refractivity contribution is -0.139. The van der Waals surface area contributed by atoms with Gasteiger partial charge in [-0.1, -0.05) is 49.3 Å². The predicted molar refractivity (Wildman–Crippen MR) is 155 cm³/mol. The predicted octanol–water partition coefficient (Wildman–Crippen LogP) is 3.00. The lowest BCUT2D eigenvalue weighted by Crippen LogP contribution is -2.46. The summed E-state index contributed by atoms with van der Waals surface area (Å²) in [5.41, 5.74) is 5.06. The van der Waals surface area contributed by atoms with Crippen LogP contribution in [0.15, 0.2) is 67.8 Å². The number of hydrogen-bond acceptors (Lipinski definition) is 10. The average molecular weight is 683 g/mol. The van der Waals surface area contributed by atoms with Crippen molar-refractivity contribution >= 4 is 40.4 Å². The number of aromatic nitrogens is 2. The van der Waals surface area contributed by atoms with E-state index in [2.05, 4.69) is 31.0 Å². The Bertz CT molecular complexity index is 1730. The number of ether oxygens (including phenoxy) is 1. The van der Waals surface area contributed by atoms with Gasteiger partial charge in [0.25, 0.3) is 5.56 Å². The number of fused-ring (bicyclic) bond motifs is 1. The SMILES string of the molecule is CC(C)C[C@H](NP(=O)(OC[C@@]1(N=[N+]=[N-])O[C@@H](n2ccc(=O)[nH]c2=O)[C@H](O)[C@@H]1O)Oc1ccc2ccccc2c1Br)C(=O)O. The molecule has 2 heterocycles.